The molecule has 1 aromatic heterocycles. The van der Waals surface area contributed by atoms with Crippen LogP contribution in [0.3, 0.4) is 0 Å². The van der Waals surface area contributed by atoms with Crippen LogP contribution in [0.2, 0.25) is 5.02 Å². The van der Waals surface area contributed by atoms with Gasteiger partial charge in [-0.1, -0.05) is 30.3 Å². The Morgan fingerprint density at radius 2 is 1.83 bits per heavy atom. The van der Waals surface area contributed by atoms with Gasteiger partial charge in [-0.2, -0.15) is 13.2 Å². The SMILES string of the molecule is C=CC(=O)N[C@H](C)c1ccc(Oc2ncc(C)cc2NS(=O)(=O)c2ccc(Cl)c(C(F)(F)F)c2)cc1. The number of ether oxygens (including phenoxy) is 1. The van der Waals surface area contributed by atoms with Gasteiger partial charge >= 0.3 is 6.18 Å². The van der Waals surface area contributed by atoms with E-state index < -0.39 is 31.7 Å². The summed E-state index contributed by atoms with van der Waals surface area (Å²) in [5, 5.41) is 2.10. The van der Waals surface area contributed by atoms with Gasteiger partial charge in [-0.25, -0.2) is 13.4 Å². The number of nitrogens with one attached hydrogen (secondary N) is 2. The van der Waals surface area contributed by atoms with Gasteiger partial charge in [-0.05, 0) is 67.4 Å². The van der Waals surface area contributed by atoms with E-state index in [9.17, 15) is 26.4 Å². The second kappa shape index (κ2) is 10.6. The lowest BCUT2D eigenvalue weighted by molar-refractivity contribution is -0.137. The van der Waals surface area contributed by atoms with Crippen molar-refractivity contribution in [2.24, 2.45) is 0 Å². The number of hydrogen-bond acceptors (Lipinski definition) is 5. The number of carbonyl (C=O) groups excluding carboxylic acids is 1. The van der Waals surface area contributed by atoms with Gasteiger partial charge in [-0.3, -0.25) is 9.52 Å². The average Bonchev–Trinajstić information content (AvgIpc) is 2.80. The Balaban J connectivity index is 1.87. The molecule has 1 amide bonds. The van der Waals surface area contributed by atoms with Crippen LogP contribution in [0.25, 0.3) is 0 Å². The first-order valence-corrected chi connectivity index (χ1v) is 12.2. The number of sulfonamides is 1. The molecule has 0 radical (unpaired) electrons. The molecular formula is C24H21ClF3N3O4S. The molecule has 12 heteroatoms. The fraction of sp³-hybridized carbons (Fsp3) is 0.167. The van der Waals surface area contributed by atoms with Crippen LogP contribution in [0.5, 0.6) is 11.6 Å². The van der Waals surface area contributed by atoms with E-state index in [2.05, 4.69) is 21.6 Å². The first-order chi connectivity index (χ1) is 16.8. The fourth-order valence-electron chi connectivity index (χ4n) is 3.10. The monoisotopic (exact) mass is 539 g/mol. The van der Waals surface area contributed by atoms with Crippen LogP contribution in [0.4, 0.5) is 18.9 Å². The lowest BCUT2D eigenvalue weighted by Gasteiger charge is -2.16. The maximum absolute atomic E-state index is 13.2. The Morgan fingerprint density at radius 1 is 1.17 bits per heavy atom. The number of amides is 1. The van der Waals surface area contributed by atoms with E-state index in [-0.39, 0.29) is 23.5 Å². The molecular weight excluding hydrogens is 519 g/mol. The van der Waals surface area contributed by atoms with Gasteiger partial charge in [0, 0.05) is 6.20 Å². The van der Waals surface area contributed by atoms with Crippen LogP contribution >= 0.6 is 11.6 Å². The summed E-state index contributed by atoms with van der Waals surface area (Å²) >= 11 is 5.60. The predicted molar refractivity (Wildman–Crippen MR) is 130 cm³/mol. The summed E-state index contributed by atoms with van der Waals surface area (Å²) in [6.45, 7) is 6.85. The highest BCUT2D eigenvalue weighted by Crippen LogP contribution is 2.37. The molecule has 0 aliphatic heterocycles. The van der Waals surface area contributed by atoms with Crippen molar-refractivity contribution in [3.05, 3.63) is 89.1 Å². The molecule has 0 bridgehead atoms. The summed E-state index contributed by atoms with van der Waals surface area (Å²) in [6.07, 6.45) is -2.23. The number of alkyl halides is 3. The summed E-state index contributed by atoms with van der Waals surface area (Å²) in [7, 11) is -4.45. The molecule has 0 saturated heterocycles. The number of rotatable bonds is 8. The average molecular weight is 540 g/mol. The van der Waals surface area contributed by atoms with E-state index in [4.69, 9.17) is 16.3 Å². The molecule has 0 aliphatic carbocycles. The molecule has 36 heavy (non-hydrogen) atoms. The van der Waals surface area contributed by atoms with Crippen LogP contribution in [-0.2, 0) is 21.0 Å². The molecule has 2 aromatic carbocycles. The minimum atomic E-state index is -4.83. The van der Waals surface area contributed by atoms with Gasteiger partial charge in [0.15, 0.2) is 0 Å². The third-order valence-electron chi connectivity index (χ3n) is 4.92. The summed E-state index contributed by atoms with van der Waals surface area (Å²) in [6, 6.07) is 10.0. The standard InChI is InChI=1S/C24H21ClF3N3O4S/c1-4-22(32)30-15(3)16-5-7-17(8-6-16)35-23-21(11-14(2)13-29-23)31-36(33,34)18-9-10-20(25)19(12-18)24(26,27)28/h4-13,15,31H,1H2,2-3H3,(H,30,32)/t15-/m1/s1. The number of aromatic nitrogens is 1. The van der Waals surface area contributed by atoms with E-state index in [1.54, 1.807) is 38.1 Å². The van der Waals surface area contributed by atoms with Crippen LogP contribution in [0, 0.1) is 6.92 Å². The summed E-state index contributed by atoms with van der Waals surface area (Å²) < 4.78 is 73.4. The van der Waals surface area contributed by atoms with Gasteiger partial charge in [0.05, 0.1) is 21.5 Å². The van der Waals surface area contributed by atoms with Crippen molar-refractivity contribution >= 4 is 33.2 Å². The molecule has 190 valence electrons. The first-order valence-electron chi connectivity index (χ1n) is 10.4. The largest absolute Gasteiger partial charge is 0.437 e. The number of hydrogen-bond donors (Lipinski definition) is 2. The zero-order chi connectivity index (χ0) is 26.7. The predicted octanol–water partition coefficient (Wildman–Crippen LogP) is 6.02. The molecule has 1 atom stereocenters. The molecule has 0 fully saturated rings. The minimum absolute atomic E-state index is 0.0748. The van der Waals surface area contributed by atoms with Crippen molar-refractivity contribution < 1.29 is 31.1 Å². The number of carbonyl (C=O) groups is 1. The van der Waals surface area contributed by atoms with E-state index in [1.165, 1.54) is 12.3 Å². The highest BCUT2D eigenvalue weighted by atomic mass is 35.5. The molecule has 1 heterocycles. The molecule has 0 unspecified atom stereocenters. The normalized spacial score (nSPS) is 12.5. The second-order valence-electron chi connectivity index (χ2n) is 7.72. The quantitative estimate of drug-likeness (QED) is 0.341. The number of aryl methyl sites for hydroxylation is 1. The van der Waals surface area contributed by atoms with Gasteiger partial charge in [0.2, 0.25) is 11.8 Å². The van der Waals surface area contributed by atoms with E-state index >= 15 is 0 Å². The van der Waals surface area contributed by atoms with Crippen LogP contribution in [-0.4, -0.2) is 19.3 Å². The third-order valence-corrected chi connectivity index (χ3v) is 6.62. The fourth-order valence-corrected chi connectivity index (χ4v) is 4.39. The maximum atomic E-state index is 13.2. The molecule has 2 N–H and O–H groups in total. The summed E-state index contributed by atoms with van der Waals surface area (Å²) in [4.78, 5) is 15.0. The highest BCUT2D eigenvalue weighted by molar-refractivity contribution is 7.92. The zero-order valence-corrected chi connectivity index (χ0v) is 20.6. The van der Waals surface area contributed by atoms with Crippen molar-refractivity contribution in [2.45, 2.75) is 31.0 Å². The number of benzene rings is 2. The zero-order valence-electron chi connectivity index (χ0n) is 19.1. The van der Waals surface area contributed by atoms with Gasteiger partial charge in [0.1, 0.15) is 11.4 Å². The van der Waals surface area contributed by atoms with Crippen molar-refractivity contribution in [2.75, 3.05) is 4.72 Å². The van der Waals surface area contributed by atoms with Crippen molar-refractivity contribution in [1.82, 2.24) is 10.3 Å². The van der Waals surface area contributed by atoms with Crippen molar-refractivity contribution in [1.29, 1.82) is 0 Å². The van der Waals surface area contributed by atoms with E-state index in [0.717, 1.165) is 23.8 Å². The van der Waals surface area contributed by atoms with Crippen molar-refractivity contribution in [3.63, 3.8) is 0 Å². The smallest absolute Gasteiger partial charge is 0.417 e. The molecule has 0 spiro atoms. The number of halogens is 4. The Morgan fingerprint density at radius 3 is 2.44 bits per heavy atom. The lowest BCUT2D eigenvalue weighted by atomic mass is 10.1. The Labute approximate surface area is 211 Å². The summed E-state index contributed by atoms with van der Waals surface area (Å²) in [5.41, 5.74) is 0.00602. The molecule has 0 aliphatic rings. The molecule has 7 nitrogen and oxygen atoms in total. The Bertz CT molecular complexity index is 1390. The van der Waals surface area contributed by atoms with E-state index in [0.29, 0.717) is 17.4 Å². The van der Waals surface area contributed by atoms with Crippen LogP contribution in [0.15, 0.2) is 72.3 Å². The molecule has 0 saturated carbocycles. The molecule has 3 aromatic rings. The first kappa shape index (κ1) is 27.0. The second-order valence-corrected chi connectivity index (χ2v) is 9.81. The van der Waals surface area contributed by atoms with Gasteiger partial charge < -0.3 is 10.1 Å². The van der Waals surface area contributed by atoms with Crippen molar-refractivity contribution in [3.8, 4) is 11.6 Å². The van der Waals surface area contributed by atoms with Crippen LogP contribution in [0.1, 0.15) is 29.7 Å². The maximum Gasteiger partial charge on any atom is 0.417 e. The van der Waals surface area contributed by atoms with Gasteiger partial charge in [0.25, 0.3) is 10.0 Å². The lowest BCUT2D eigenvalue weighted by Crippen LogP contribution is -2.24. The molecule has 3 rings (SSSR count). The summed E-state index contributed by atoms with van der Waals surface area (Å²) in [5.74, 6) is -0.134. The highest BCUT2D eigenvalue weighted by Gasteiger charge is 2.34. The topological polar surface area (TPSA) is 97.4 Å². The number of pyridine rings is 1. The Kier molecular flexibility index (Phi) is 7.95. The van der Waals surface area contributed by atoms with Gasteiger partial charge in [-0.15, -0.1) is 0 Å². The number of nitrogens with zero attached hydrogens (tertiary/aromatic N) is 1. The Hall–Kier alpha value is -3.57. The third kappa shape index (κ3) is 6.55. The number of anilines is 1. The van der Waals surface area contributed by atoms with Crippen LogP contribution < -0.4 is 14.8 Å². The van der Waals surface area contributed by atoms with E-state index in [1.807, 2.05) is 0 Å². The minimum Gasteiger partial charge on any atom is -0.437 e.